The summed E-state index contributed by atoms with van der Waals surface area (Å²) in [6.07, 6.45) is 0.458. The first-order chi connectivity index (χ1) is 8.99. The maximum Gasteiger partial charge on any atom is 0.307 e. The van der Waals surface area contributed by atoms with Crippen molar-refractivity contribution in [1.29, 1.82) is 0 Å². The Balaban J connectivity index is 1.96. The molecule has 0 aliphatic carbocycles. The maximum absolute atomic E-state index is 12.2. The van der Waals surface area contributed by atoms with Crippen molar-refractivity contribution in [3.63, 3.8) is 0 Å². The van der Waals surface area contributed by atoms with Crippen LogP contribution in [0.3, 0.4) is 0 Å². The summed E-state index contributed by atoms with van der Waals surface area (Å²) in [5.41, 5.74) is 0.922. The van der Waals surface area contributed by atoms with Crippen LogP contribution in [0.1, 0.15) is 26.0 Å². The van der Waals surface area contributed by atoms with Gasteiger partial charge in [0.2, 0.25) is 5.91 Å². The minimum absolute atomic E-state index is 0.00805. The van der Waals surface area contributed by atoms with Crippen molar-refractivity contribution in [3.05, 3.63) is 20.7 Å². The molecule has 5 nitrogen and oxygen atoms in total. The van der Waals surface area contributed by atoms with Gasteiger partial charge in [-0.3, -0.25) is 9.59 Å². The number of thiazole rings is 1. The van der Waals surface area contributed by atoms with Gasteiger partial charge in [-0.05, 0) is 20.8 Å². The lowest BCUT2D eigenvalue weighted by Crippen LogP contribution is -2.50. The number of amides is 1. The molecule has 1 amide bonds. The summed E-state index contributed by atoms with van der Waals surface area (Å²) in [7, 11) is 0. The van der Waals surface area contributed by atoms with Crippen LogP contribution in [-0.2, 0) is 16.1 Å². The number of aryl methyl sites for hydroxylation is 1. The van der Waals surface area contributed by atoms with E-state index in [1.807, 2.05) is 31.1 Å². The lowest BCUT2D eigenvalue weighted by atomic mass is 10.2. The first kappa shape index (κ1) is 14.3. The smallest absolute Gasteiger partial charge is 0.307 e. The van der Waals surface area contributed by atoms with Gasteiger partial charge in [-0.25, -0.2) is 0 Å². The van der Waals surface area contributed by atoms with E-state index in [2.05, 4.69) is 0 Å². The van der Waals surface area contributed by atoms with E-state index in [-0.39, 0.29) is 22.9 Å². The third-order valence-corrected chi connectivity index (χ3v) is 4.33. The Hall–Kier alpha value is -1.14. The number of hydrogen-bond donors (Lipinski definition) is 0. The minimum atomic E-state index is 0.00805. The molecule has 1 aliphatic rings. The van der Waals surface area contributed by atoms with Gasteiger partial charge in [0, 0.05) is 30.6 Å². The molecule has 0 N–H and O–H groups in total. The van der Waals surface area contributed by atoms with Crippen molar-refractivity contribution in [2.45, 2.75) is 45.9 Å². The van der Waals surface area contributed by atoms with Crippen LogP contribution in [0.4, 0.5) is 0 Å². The van der Waals surface area contributed by atoms with Crippen molar-refractivity contribution in [1.82, 2.24) is 9.47 Å². The summed E-state index contributed by atoms with van der Waals surface area (Å²) in [4.78, 5) is 25.7. The predicted octanol–water partition coefficient (Wildman–Crippen LogP) is 1.24. The molecule has 6 heteroatoms. The number of carbonyl (C=O) groups is 1. The van der Waals surface area contributed by atoms with Gasteiger partial charge in [0.25, 0.3) is 0 Å². The van der Waals surface area contributed by atoms with Crippen molar-refractivity contribution < 1.29 is 9.53 Å². The zero-order chi connectivity index (χ0) is 14.0. The highest BCUT2D eigenvalue weighted by Gasteiger charge is 2.27. The third kappa shape index (κ3) is 3.25. The maximum atomic E-state index is 12.2. The van der Waals surface area contributed by atoms with Gasteiger partial charge in [0.15, 0.2) is 0 Å². The third-order valence-electron chi connectivity index (χ3n) is 3.45. The number of rotatable bonds is 3. The molecule has 19 heavy (non-hydrogen) atoms. The molecule has 0 bridgehead atoms. The Kier molecular flexibility index (Phi) is 4.42. The minimum Gasteiger partial charge on any atom is -0.375 e. The second-order valence-corrected chi connectivity index (χ2v) is 5.90. The van der Waals surface area contributed by atoms with E-state index in [1.165, 1.54) is 11.3 Å². The summed E-state index contributed by atoms with van der Waals surface area (Å²) in [6.45, 7) is 7.54. The van der Waals surface area contributed by atoms with Crippen LogP contribution in [0.25, 0.3) is 0 Å². The van der Waals surface area contributed by atoms with E-state index in [4.69, 9.17) is 4.74 Å². The molecule has 1 aromatic heterocycles. The van der Waals surface area contributed by atoms with Gasteiger partial charge in [0.05, 0.1) is 18.8 Å². The first-order valence-corrected chi connectivity index (χ1v) is 7.43. The molecular formula is C13H20N2O3S. The van der Waals surface area contributed by atoms with Gasteiger partial charge in [-0.15, -0.1) is 0 Å². The van der Waals surface area contributed by atoms with E-state index in [0.29, 0.717) is 26.1 Å². The fraction of sp³-hybridized carbons (Fsp3) is 0.692. The van der Waals surface area contributed by atoms with Crippen LogP contribution in [0.2, 0.25) is 0 Å². The summed E-state index contributed by atoms with van der Waals surface area (Å²) in [5.74, 6) is 0.0974. The first-order valence-electron chi connectivity index (χ1n) is 6.55. The lowest BCUT2D eigenvalue weighted by Gasteiger charge is -2.36. The molecule has 0 radical (unpaired) electrons. The van der Waals surface area contributed by atoms with Gasteiger partial charge < -0.3 is 14.2 Å². The van der Waals surface area contributed by atoms with Crippen molar-refractivity contribution in [3.8, 4) is 0 Å². The predicted molar refractivity (Wildman–Crippen MR) is 74.5 cm³/mol. The quantitative estimate of drug-likeness (QED) is 0.839. The monoisotopic (exact) mass is 284 g/mol. The number of morpholine rings is 1. The van der Waals surface area contributed by atoms with E-state index >= 15 is 0 Å². The average Bonchev–Trinajstić information content (AvgIpc) is 2.69. The molecule has 2 rings (SSSR count). The summed E-state index contributed by atoms with van der Waals surface area (Å²) in [5, 5.41) is 1.83. The highest BCUT2D eigenvalue weighted by atomic mass is 32.1. The molecule has 2 heterocycles. The summed E-state index contributed by atoms with van der Waals surface area (Å²) in [6, 6.07) is 0.115. The molecule has 1 fully saturated rings. The number of nitrogens with zero attached hydrogens (tertiary/aromatic N) is 2. The van der Waals surface area contributed by atoms with Crippen molar-refractivity contribution in [2.75, 3.05) is 13.2 Å². The SMILES string of the molecule is Cc1csc(=O)n1CCC(=O)N1C[C@H](C)OC[C@H]1C. The molecule has 1 aromatic rings. The molecular weight excluding hydrogens is 264 g/mol. The highest BCUT2D eigenvalue weighted by Crippen LogP contribution is 2.13. The van der Waals surface area contributed by atoms with E-state index in [9.17, 15) is 9.59 Å². The zero-order valence-electron chi connectivity index (χ0n) is 11.6. The lowest BCUT2D eigenvalue weighted by molar-refractivity contribution is -0.143. The Morgan fingerprint density at radius 1 is 1.53 bits per heavy atom. The van der Waals surface area contributed by atoms with E-state index in [1.54, 1.807) is 4.57 Å². The second-order valence-electron chi connectivity index (χ2n) is 5.08. The number of hydrogen-bond acceptors (Lipinski definition) is 4. The van der Waals surface area contributed by atoms with Gasteiger partial charge in [-0.1, -0.05) is 11.3 Å². The standard InChI is InChI=1S/C13H20N2O3S/c1-9-7-18-11(3)6-15(9)12(16)4-5-14-10(2)8-19-13(14)17/h8-9,11H,4-7H2,1-3H3/t9-,11+/m1/s1. The molecule has 1 saturated heterocycles. The van der Waals surface area contributed by atoms with Crippen molar-refractivity contribution >= 4 is 17.2 Å². The molecule has 0 saturated carbocycles. The zero-order valence-corrected chi connectivity index (χ0v) is 12.4. The molecule has 2 atom stereocenters. The molecule has 0 spiro atoms. The molecule has 0 aromatic carbocycles. The summed E-state index contributed by atoms with van der Waals surface area (Å²) >= 11 is 1.18. The van der Waals surface area contributed by atoms with Crippen LogP contribution in [-0.4, -0.2) is 40.7 Å². The van der Waals surface area contributed by atoms with Crippen LogP contribution < -0.4 is 4.87 Å². The second kappa shape index (κ2) is 5.88. The molecule has 1 aliphatic heterocycles. The van der Waals surface area contributed by atoms with Gasteiger partial charge in [-0.2, -0.15) is 0 Å². The van der Waals surface area contributed by atoms with Crippen LogP contribution in [0, 0.1) is 6.92 Å². The Morgan fingerprint density at radius 3 is 2.89 bits per heavy atom. The Morgan fingerprint density at radius 2 is 2.26 bits per heavy atom. The fourth-order valence-electron chi connectivity index (χ4n) is 2.28. The van der Waals surface area contributed by atoms with Crippen LogP contribution >= 0.6 is 11.3 Å². The fourth-order valence-corrected chi connectivity index (χ4v) is 3.04. The topological polar surface area (TPSA) is 51.5 Å². The number of carbonyl (C=O) groups excluding carboxylic acids is 1. The van der Waals surface area contributed by atoms with E-state index < -0.39 is 0 Å². The van der Waals surface area contributed by atoms with Crippen LogP contribution in [0.5, 0.6) is 0 Å². The van der Waals surface area contributed by atoms with Crippen LogP contribution in [0.15, 0.2) is 10.2 Å². The Bertz CT molecular complexity index is 508. The molecule has 106 valence electrons. The largest absolute Gasteiger partial charge is 0.375 e. The number of aromatic nitrogens is 1. The molecule has 0 unspecified atom stereocenters. The average molecular weight is 284 g/mol. The number of ether oxygens (including phenoxy) is 1. The normalized spacial score (nSPS) is 23.6. The summed E-state index contributed by atoms with van der Waals surface area (Å²) < 4.78 is 7.18. The van der Waals surface area contributed by atoms with Crippen molar-refractivity contribution in [2.24, 2.45) is 0 Å². The highest BCUT2D eigenvalue weighted by molar-refractivity contribution is 7.07. The Labute approximate surface area is 116 Å². The van der Waals surface area contributed by atoms with Gasteiger partial charge in [0.1, 0.15) is 0 Å². The van der Waals surface area contributed by atoms with Gasteiger partial charge >= 0.3 is 4.87 Å². The van der Waals surface area contributed by atoms with E-state index in [0.717, 1.165) is 5.69 Å².